The Bertz CT molecular complexity index is 826. The van der Waals surface area contributed by atoms with Crippen LogP contribution in [0.5, 0.6) is 0 Å². The Kier molecular flexibility index (Phi) is 4.29. The first-order valence-corrected chi connectivity index (χ1v) is 10.1. The van der Waals surface area contributed by atoms with E-state index in [9.17, 15) is 0 Å². The van der Waals surface area contributed by atoms with Crippen LogP contribution < -0.4 is 0 Å². The van der Waals surface area contributed by atoms with Gasteiger partial charge in [0.1, 0.15) is 0 Å². The molecule has 0 bridgehead atoms. The standard InChI is InChI=1S/C21H28N4O/c1-24-9-5-16(6-10-24)19-14-25-20(23-19)13-22-18-4-2-3-17(21(18)25)15-7-11-26-12-8-15/h3,13-16H,2,4-12H2,1H3. The largest absolute Gasteiger partial charge is 0.381 e. The van der Waals surface area contributed by atoms with E-state index in [2.05, 4.69) is 28.6 Å². The SMILES string of the molecule is CN1CCC(c2cn3c4c(ncc3n2)CCC=C4C2CCOCC2)CC1. The summed E-state index contributed by atoms with van der Waals surface area (Å²) in [4.78, 5) is 12.2. The topological polar surface area (TPSA) is 42.7 Å². The first kappa shape index (κ1) is 16.5. The summed E-state index contributed by atoms with van der Waals surface area (Å²) in [6, 6.07) is 0. The van der Waals surface area contributed by atoms with E-state index in [4.69, 9.17) is 14.7 Å². The normalized spacial score (nSPS) is 23.2. The molecule has 0 atom stereocenters. The zero-order chi connectivity index (χ0) is 17.5. The maximum Gasteiger partial charge on any atom is 0.156 e. The summed E-state index contributed by atoms with van der Waals surface area (Å²) in [5, 5.41) is 0. The Balaban J connectivity index is 1.54. The minimum atomic E-state index is 0.584. The molecule has 2 saturated heterocycles. The fourth-order valence-corrected chi connectivity index (χ4v) is 4.84. The smallest absolute Gasteiger partial charge is 0.156 e. The lowest BCUT2D eigenvalue weighted by atomic mass is 9.84. The van der Waals surface area contributed by atoms with Gasteiger partial charge in [-0.05, 0) is 70.2 Å². The van der Waals surface area contributed by atoms with Crippen molar-refractivity contribution >= 4 is 11.2 Å². The van der Waals surface area contributed by atoms with Crippen LogP contribution in [-0.2, 0) is 11.2 Å². The lowest BCUT2D eigenvalue weighted by Crippen LogP contribution is -2.29. The third kappa shape index (κ3) is 2.87. The van der Waals surface area contributed by atoms with Gasteiger partial charge in [0.15, 0.2) is 5.65 Å². The highest BCUT2D eigenvalue weighted by Crippen LogP contribution is 2.37. The van der Waals surface area contributed by atoms with Crippen molar-refractivity contribution in [2.75, 3.05) is 33.4 Å². The van der Waals surface area contributed by atoms with E-state index in [1.165, 1.54) is 48.6 Å². The summed E-state index contributed by atoms with van der Waals surface area (Å²) in [6.45, 7) is 4.10. The lowest BCUT2D eigenvalue weighted by molar-refractivity contribution is 0.0806. The lowest BCUT2D eigenvalue weighted by Gasteiger charge is -2.28. The Morgan fingerprint density at radius 3 is 2.69 bits per heavy atom. The van der Waals surface area contributed by atoms with Crippen LogP contribution in [0.2, 0.25) is 0 Å². The Hall–Kier alpha value is -1.72. The zero-order valence-electron chi connectivity index (χ0n) is 15.7. The molecule has 26 heavy (non-hydrogen) atoms. The molecule has 4 heterocycles. The summed E-state index contributed by atoms with van der Waals surface area (Å²) < 4.78 is 7.94. The maximum absolute atomic E-state index is 5.59. The van der Waals surface area contributed by atoms with E-state index in [-0.39, 0.29) is 0 Å². The number of aryl methyl sites for hydroxylation is 1. The van der Waals surface area contributed by atoms with Gasteiger partial charge < -0.3 is 9.64 Å². The van der Waals surface area contributed by atoms with Gasteiger partial charge in [0.2, 0.25) is 0 Å². The van der Waals surface area contributed by atoms with E-state index >= 15 is 0 Å². The predicted octanol–water partition coefficient (Wildman–Crippen LogP) is 3.29. The van der Waals surface area contributed by atoms with Gasteiger partial charge in [-0.25, -0.2) is 4.98 Å². The number of ether oxygens (including phenoxy) is 1. The van der Waals surface area contributed by atoms with Crippen LogP contribution in [0.1, 0.15) is 55.1 Å². The summed E-state index contributed by atoms with van der Waals surface area (Å²) in [7, 11) is 2.21. The van der Waals surface area contributed by atoms with E-state index in [0.717, 1.165) is 44.5 Å². The number of piperidine rings is 1. The fourth-order valence-electron chi connectivity index (χ4n) is 4.84. The molecular formula is C21H28N4O. The molecule has 5 rings (SSSR count). The van der Waals surface area contributed by atoms with Crippen LogP contribution in [0.3, 0.4) is 0 Å². The molecule has 138 valence electrons. The molecule has 2 aromatic rings. The molecule has 2 aromatic heterocycles. The molecular weight excluding hydrogens is 324 g/mol. The van der Waals surface area contributed by atoms with Crippen molar-refractivity contribution in [2.45, 2.75) is 44.4 Å². The molecule has 3 aliphatic rings. The van der Waals surface area contributed by atoms with E-state index in [1.54, 1.807) is 0 Å². The van der Waals surface area contributed by atoms with Gasteiger partial charge in [-0.1, -0.05) is 6.08 Å². The number of likely N-dealkylation sites (tertiary alicyclic amines) is 1. The molecule has 0 radical (unpaired) electrons. The highest BCUT2D eigenvalue weighted by Gasteiger charge is 2.27. The number of imidazole rings is 1. The maximum atomic E-state index is 5.59. The average molecular weight is 352 g/mol. The summed E-state index contributed by atoms with van der Waals surface area (Å²) in [6.07, 6.45) is 13.5. The number of hydrogen-bond donors (Lipinski definition) is 0. The van der Waals surface area contributed by atoms with Crippen molar-refractivity contribution in [3.05, 3.63) is 35.6 Å². The van der Waals surface area contributed by atoms with Gasteiger partial charge in [-0.15, -0.1) is 0 Å². The van der Waals surface area contributed by atoms with Crippen molar-refractivity contribution < 1.29 is 4.74 Å². The van der Waals surface area contributed by atoms with Crippen LogP contribution in [0, 0.1) is 5.92 Å². The van der Waals surface area contributed by atoms with Gasteiger partial charge in [0, 0.05) is 25.3 Å². The average Bonchev–Trinajstić information content (AvgIpc) is 3.13. The molecule has 2 fully saturated rings. The first-order chi connectivity index (χ1) is 12.8. The number of allylic oxidation sites excluding steroid dienone is 2. The van der Waals surface area contributed by atoms with Crippen LogP contribution in [0.4, 0.5) is 0 Å². The van der Waals surface area contributed by atoms with Crippen molar-refractivity contribution in [1.82, 2.24) is 19.3 Å². The number of aromatic nitrogens is 3. The number of rotatable bonds is 2. The first-order valence-electron chi connectivity index (χ1n) is 10.1. The summed E-state index contributed by atoms with van der Waals surface area (Å²) in [5.74, 6) is 1.19. The number of nitrogens with zero attached hydrogens (tertiary/aromatic N) is 4. The Labute approximate surface area is 155 Å². The molecule has 0 amide bonds. The second-order valence-corrected chi connectivity index (χ2v) is 8.11. The molecule has 0 aromatic carbocycles. The van der Waals surface area contributed by atoms with E-state index in [0.29, 0.717) is 11.8 Å². The molecule has 1 aliphatic carbocycles. The number of fused-ring (bicyclic) bond motifs is 3. The van der Waals surface area contributed by atoms with Crippen molar-refractivity contribution in [3.63, 3.8) is 0 Å². The third-order valence-corrected chi connectivity index (χ3v) is 6.42. The van der Waals surface area contributed by atoms with Gasteiger partial charge in [0.05, 0.1) is 23.3 Å². The van der Waals surface area contributed by atoms with Crippen LogP contribution in [-0.4, -0.2) is 52.6 Å². The molecule has 0 unspecified atom stereocenters. The summed E-state index contributed by atoms with van der Waals surface area (Å²) >= 11 is 0. The van der Waals surface area contributed by atoms with Gasteiger partial charge >= 0.3 is 0 Å². The number of hydrogen-bond acceptors (Lipinski definition) is 4. The van der Waals surface area contributed by atoms with E-state index < -0.39 is 0 Å². The van der Waals surface area contributed by atoms with Gasteiger partial charge in [-0.2, -0.15) is 0 Å². The second kappa shape index (κ2) is 6.78. The highest BCUT2D eigenvalue weighted by molar-refractivity contribution is 5.70. The molecule has 5 heteroatoms. The second-order valence-electron chi connectivity index (χ2n) is 8.11. The summed E-state index contributed by atoms with van der Waals surface area (Å²) in [5.41, 5.74) is 6.32. The third-order valence-electron chi connectivity index (χ3n) is 6.42. The van der Waals surface area contributed by atoms with Gasteiger partial charge in [-0.3, -0.25) is 9.38 Å². The zero-order valence-corrected chi connectivity index (χ0v) is 15.7. The van der Waals surface area contributed by atoms with Crippen LogP contribution in [0.15, 0.2) is 18.5 Å². The van der Waals surface area contributed by atoms with Crippen LogP contribution in [0.25, 0.3) is 11.2 Å². The molecule has 0 spiro atoms. The molecule has 0 N–H and O–H groups in total. The minimum Gasteiger partial charge on any atom is -0.381 e. The molecule has 0 saturated carbocycles. The minimum absolute atomic E-state index is 0.584. The van der Waals surface area contributed by atoms with Crippen molar-refractivity contribution in [1.29, 1.82) is 0 Å². The van der Waals surface area contributed by atoms with Gasteiger partial charge in [0.25, 0.3) is 0 Å². The molecule has 5 nitrogen and oxygen atoms in total. The highest BCUT2D eigenvalue weighted by atomic mass is 16.5. The van der Waals surface area contributed by atoms with Crippen molar-refractivity contribution in [3.8, 4) is 0 Å². The monoisotopic (exact) mass is 352 g/mol. The Morgan fingerprint density at radius 1 is 1.08 bits per heavy atom. The quantitative estimate of drug-likeness (QED) is 0.832. The predicted molar refractivity (Wildman–Crippen MR) is 102 cm³/mol. The van der Waals surface area contributed by atoms with Crippen molar-refractivity contribution in [2.24, 2.45) is 5.92 Å². The van der Waals surface area contributed by atoms with E-state index in [1.807, 2.05) is 6.20 Å². The fraction of sp³-hybridized carbons (Fsp3) is 0.619. The molecule has 2 aliphatic heterocycles. The Morgan fingerprint density at radius 2 is 1.88 bits per heavy atom. The van der Waals surface area contributed by atoms with Crippen LogP contribution >= 0.6 is 0 Å².